The predicted octanol–water partition coefficient (Wildman–Crippen LogP) is 2.99. The Morgan fingerprint density at radius 3 is 2.42 bits per heavy atom. The average molecular weight is 332 g/mol. The van der Waals surface area contributed by atoms with Crippen LogP contribution in [0.5, 0.6) is 0 Å². The number of nitrogens with zero attached hydrogens (tertiary/aromatic N) is 3. The highest BCUT2D eigenvalue weighted by Gasteiger charge is 2.37. The number of halogens is 2. The van der Waals surface area contributed by atoms with Crippen LogP contribution >= 0.6 is 0 Å². The van der Waals surface area contributed by atoms with Gasteiger partial charge in [-0.05, 0) is 43.9 Å². The van der Waals surface area contributed by atoms with Gasteiger partial charge in [0.15, 0.2) is 11.6 Å². The van der Waals surface area contributed by atoms with Gasteiger partial charge >= 0.3 is 0 Å². The van der Waals surface area contributed by atoms with Crippen molar-refractivity contribution < 1.29 is 8.78 Å². The van der Waals surface area contributed by atoms with E-state index in [0.29, 0.717) is 24.7 Å². The summed E-state index contributed by atoms with van der Waals surface area (Å²) < 4.78 is 29.1. The number of hydrogen-bond donors (Lipinski definition) is 1. The Morgan fingerprint density at radius 2 is 1.83 bits per heavy atom. The minimum absolute atomic E-state index is 0.121. The van der Waals surface area contributed by atoms with Crippen LogP contribution in [0.15, 0.2) is 30.5 Å². The van der Waals surface area contributed by atoms with Crippen molar-refractivity contribution in [2.75, 3.05) is 0 Å². The van der Waals surface area contributed by atoms with Crippen LogP contribution in [0.3, 0.4) is 0 Å². The van der Waals surface area contributed by atoms with Gasteiger partial charge < -0.3 is 5.73 Å². The van der Waals surface area contributed by atoms with Crippen molar-refractivity contribution in [3.63, 3.8) is 0 Å². The second kappa shape index (κ2) is 6.26. The van der Waals surface area contributed by atoms with E-state index in [1.54, 1.807) is 6.20 Å². The Balaban J connectivity index is 1.53. The number of nitrogens with two attached hydrogens (primary N) is 1. The molecule has 0 radical (unpaired) electrons. The van der Waals surface area contributed by atoms with Crippen LogP contribution in [-0.2, 0) is 6.54 Å². The standard InChI is InChI=1S/C18H22F2N4/c19-16-5-2-6-17(20)18(16)24-8-7-13(22-24)11-23(14-3-1-4-14)15-9-12(21)10-15/h2,5-8,12,14-15H,1,3-4,9-11,21H2. The van der Waals surface area contributed by atoms with Gasteiger partial charge in [0.25, 0.3) is 0 Å². The number of hydrogen-bond acceptors (Lipinski definition) is 3. The van der Waals surface area contributed by atoms with Gasteiger partial charge in [0, 0.05) is 30.9 Å². The topological polar surface area (TPSA) is 47.1 Å². The Kier molecular flexibility index (Phi) is 4.10. The molecule has 1 aromatic carbocycles. The number of para-hydroxylation sites is 1. The number of rotatable bonds is 5. The van der Waals surface area contributed by atoms with Crippen molar-refractivity contribution in [1.82, 2.24) is 14.7 Å². The van der Waals surface area contributed by atoms with Crippen LogP contribution in [-0.4, -0.2) is 32.8 Å². The second-order valence-corrected chi connectivity index (χ2v) is 6.96. The molecule has 0 amide bonds. The molecular formula is C18H22F2N4. The van der Waals surface area contributed by atoms with Gasteiger partial charge in [-0.2, -0.15) is 5.10 Å². The molecule has 2 N–H and O–H groups in total. The molecule has 0 spiro atoms. The van der Waals surface area contributed by atoms with E-state index in [1.165, 1.54) is 42.1 Å². The molecule has 24 heavy (non-hydrogen) atoms. The lowest BCUT2D eigenvalue weighted by atomic mass is 9.82. The summed E-state index contributed by atoms with van der Waals surface area (Å²) in [4.78, 5) is 2.48. The molecule has 2 aliphatic rings. The normalized spacial score (nSPS) is 24.0. The molecule has 0 bridgehead atoms. The summed E-state index contributed by atoms with van der Waals surface area (Å²) in [5.41, 5.74) is 6.66. The monoisotopic (exact) mass is 332 g/mol. The lowest BCUT2D eigenvalue weighted by Crippen LogP contribution is -2.55. The molecule has 128 valence electrons. The van der Waals surface area contributed by atoms with Crippen LogP contribution in [0, 0.1) is 11.6 Å². The summed E-state index contributed by atoms with van der Waals surface area (Å²) in [5.74, 6) is -1.21. The molecule has 2 saturated carbocycles. The zero-order valence-electron chi connectivity index (χ0n) is 13.5. The van der Waals surface area contributed by atoms with Crippen LogP contribution in [0.1, 0.15) is 37.8 Å². The van der Waals surface area contributed by atoms with Gasteiger partial charge in [0.2, 0.25) is 0 Å². The molecule has 4 rings (SSSR count). The molecule has 1 aromatic heterocycles. The van der Waals surface area contributed by atoms with E-state index < -0.39 is 11.6 Å². The Hall–Kier alpha value is -1.79. The summed E-state index contributed by atoms with van der Waals surface area (Å²) in [6.45, 7) is 0.713. The third-order valence-corrected chi connectivity index (χ3v) is 5.32. The van der Waals surface area contributed by atoms with E-state index in [1.807, 2.05) is 6.07 Å². The SMILES string of the molecule is NC1CC(N(Cc2ccn(-c3c(F)cccc3F)n2)C2CCC2)C1. The van der Waals surface area contributed by atoms with E-state index >= 15 is 0 Å². The fourth-order valence-electron chi connectivity index (χ4n) is 3.64. The van der Waals surface area contributed by atoms with Crippen LogP contribution in [0.2, 0.25) is 0 Å². The summed E-state index contributed by atoms with van der Waals surface area (Å²) in [6.07, 6.45) is 7.39. The van der Waals surface area contributed by atoms with E-state index in [-0.39, 0.29) is 5.69 Å². The largest absolute Gasteiger partial charge is 0.328 e. The first-order valence-corrected chi connectivity index (χ1v) is 8.62. The quantitative estimate of drug-likeness (QED) is 0.916. The molecule has 0 atom stereocenters. The molecule has 2 fully saturated rings. The molecule has 2 aromatic rings. The Bertz CT molecular complexity index is 699. The number of benzene rings is 1. The first kappa shape index (κ1) is 15.7. The molecule has 0 saturated heterocycles. The minimum atomic E-state index is -0.606. The van der Waals surface area contributed by atoms with Crippen molar-refractivity contribution in [2.45, 2.75) is 56.8 Å². The van der Waals surface area contributed by atoms with Crippen molar-refractivity contribution in [3.05, 3.63) is 47.8 Å². The van der Waals surface area contributed by atoms with Crippen molar-refractivity contribution in [1.29, 1.82) is 0 Å². The van der Waals surface area contributed by atoms with Gasteiger partial charge in [-0.3, -0.25) is 4.90 Å². The van der Waals surface area contributed by atoms with Crippen LogP contribution in [0.25, 0.3) is 5.69 Å². The highest BCUT2D eigenvalue weighted by Crippen LogP contribution is 2.34. The van der Waals surface area contributed by atoms with Gasteiger partial charge in [-0.15, -0.1) is 0 Å². The van der Waals surface area contributed by atoms with Crippen molar-refractivity contribution >= 4 is 0 Å². The highest BCUT2D eigenvalue weighted by atomic mass is 19.1. The lowest BCUT2D eigenvalue weighted by Gasteiger charge is -2.48. The molecule has 2 aliphatic carbocycles. The minimum Gasteiger partial charge on any atom is -0.328 e. The Labute approximate surface area is 140 Å². The van der Waals surface area contributed by atoms with Crippen LogP contribution < -0.4 is 5.73 Å². The van der Waals surface area contributed by atoms with E-state index in [2.05, 4.69) is 10.00 Å². The fraction of sp³-hybridized carbons (Fsp3) is 0.500. The first-order valence-electron chi connectivity index (χ1n) is 8.62. The summed E-state index contributed by atoms with van der Waals surface area (Å²) in [7, 11) is 0. The van der Waals surface area contributed by atoms with E-state index in [4.69, 9.17) is 5.73 Å². The zero-order chi connectivity index (χ0) is 16.7. The predicted molar refractivity (Wildman–Crippen MR) is 87.7 cm³/mol. The number of aromatic nitrogens is 2. The first-order chi connectivity index (χ1) is 11.6. The summed E-state index contributed by atoms with van der Waals surface area (Å²) in [6, 6.07) is 7.11. The molecule has 6 heteroatoms. The van der Waals surface area contributed by atoms with Crippen molar-refractivity contribution in [3.8, 4) is 5.69 Å². The van der Waals surface area contributed by atoms with Crippen molar-refractivity contribution in [2.24, 2.45) is 5.73 Å². The molecule has 0 aliphatic heterocycles. The Morgan fingerprint density at radius 1 is 1.12 bits per heavy atom. The zero-order valence-corrected chi connectivity index (χ0v) is 13.5. The van der Waals surface area contributed by atoms with Gasteiger partial charge in [-0.1, -0.05) is 12.5 Å². The van der Waals surface area contributed by atoms with Gasteiger partial charge in [-0.25, -0.2) is 13.5 Å². The van der Waals surface area contributed by atoms with Gasteiger partial charge in [0.05, 0.1) is 5.69 Å². The molecular weight excluding hydrogens is 310 g/mol. The van der Waals surface area contributed by atoms with E-state index in [0.717, 1.165) is 18.5 Å². The maximum atomic E-state index is 13.9. The lowest BCUT2D eigenvalue weighted by molar-refractivity contribution is 0.0232. The molecule has 1 heterocycles. The smallest absolute Gasteiger partial charge is 0.151 e. The average Bonchev–Trinajstić information content (AvgIpc) is 2.89. The van der Waals surface area contributed by atoms with E-state index in [9.17, 15) is 8.78 Å². The molecule has 4 nitrogen and oxygen atoms in total. The second-order valence-electron chi connectivity index (χ2n) is 6.96. The van der Waals surface area contributed by atoms with Gasteiger partial charge in [0.1, 0.15) is 5.69 Å². The molecule has 0 unspecified atom stereocenters. The maximum Gasteiger partial charge on any atom is 0.151 e. The highest BCUT2D eigenvalue weighted by molar-refractivity contribution is 5.34. The summed E-state index contributed by atoms with van der Waals surface area (Å²) >= 11 is 0. The fourth-order valence-corrected chi connectivity index (χ4v) is 3.64. The summed E-state index contributed by atoms with van der Waals surface area (Å²) in [5, 5.41) is 4.41. The third kappa shape index (κ3) is 2.84. The maximum absolute atomic E-state index is 13.9. The third-order valence-electron chi connectivity index (χ3n) is 5.32. The van der Waals surface area contributed by atoms with Crippen LogP contribution in [0.4, 0.5) is 8.78 Å².